The van der Waals surface area contributed by atoms with Gasteiger partial charge in [0.25, 0.3) is 0 Å². The Morgan fingerprint density at radius 1 is 1.43 bits per heavy atom. The molecule has 0 aromatic heterocycles. The summed E-state index contributed by atoms with van der Waals surface area (Å²) in [6.45, 7) is 0.0325. The third-order valence-corrected chi connectivity index (χ3v) is 4.12. The Labute approximate surface area is 142 Å². The molecule has 2 N–H and O–H groups in total. The fourth-order valence-electron chi connectivity index (χ4n) is 2.41. The number of hydrogen-bond donors (Lipinski definition) is 1. The number of hydrogen-bond acceptors (Lipinski definition) is 6. The minimum absolute atomic E-state index is 0.0325. The van der Waals surface area contributed by atoms with Crippen molar-refractivity contribution in [3.05, 3.63) is 57.1 Å². The van der Waals surface area contributed by atoms with E-state index in [4.69, 9.17) is 19.9 Å². The summed E-state index contributed by atoms with van der Waals surface area (Å²) < 4.78 is 16.1. The molecule has 0 saturated heterocycles. The summed E-state index contributed by atoms with van der Waals surface area (Å²) in [5.74, 6) is -1.11. The van der Waals surface area contributed by atoms with E-state index in [2.05, 4.69) is 15.9 Å². The second-order valence-electron chi connectivity index (χ2n) is 4.71. The van der Waals surface area contributed by atoms with Gasteiger partial charge in [-0.15, -0.1) is 0 Å². The largest absolute Gasteiger partial charge is 0.466 e. The lowest BCUT2D eigenvalue weighted by Crippen LogP contribution is -2.27. The predicted molar refractivity (Wildman–Crippen MR) is 85.7 cm³/mol. The molecule has 0 fully saturated rings. The summed E-state index contributed by atoms with van der Waals surface area (Å²) in [5.41, 5.74) is 6.93. The van der Waals surface area contributed by atoms with E-state index in [0.717, 1.165) is 4.47 Å². The number of esters is 1. The molecule has 0 unspecified atom stereocenters. The molecule has 1 aliphatic rings. The molecule has 1 aromatic rings. The lowest BCUT2D eigenvalue weighted by Gasteiger charge is -2.28. The average molecular weight is 379 g/mol. The summed E-state index contributed by atoms with van der Waals surface area (Å²) in [6, 6.07) is 9.30. The number of ether oxygens (including phenoxy) is 3. The Balaban J connectivity index is 2.72. The van der Waals surface area contributed by atoms with E-state index in [9.17, 15) is 10.1 Å². The van der Waals surface area contributed by atoms with Crippen LogP contribution in [0.5, 0.6) is 0 Å². The van der Waals surface area contributed by atoms with Gasteiger partial charge in [0, 0.05) is 11.6 Å². The molecule has 6 nitrogen and oxygen atoms in total. The van der Waals surface area contributed by atoms with E-state index >= 15 is 0 Å². The molecular formula is C16H15BrN2O4. The summed E-state index contributed by atoms with van der Waals surface area (Å²) in [6.07, 6.45) is 0. The fraction of sp³-hybridized carbons (Fsp3) is 0.250. The first-order valence-electron chi connectivity index (χ1n) is 6.67. The molecule has 1 heterocycles. The molecule has 0 bridgehead atoms. The Kier molecular flexibility index (Phi) is 5.42. The van der Waals surface area contributed by atoms with Gasteiger partial charge in [0.1, 0.15) is 24.0 Å². The van der Waals surface area contributed by atoms with Crippen LogP contribution in [0.3, 0.4) is 0 Å². The second-order valence-corrected chi connectivity index (χ2v) is 5.56. The first-order valence-corrected chi connectivity index (χ1v) is 7.46. The van der Waals surface area contributed by atoms with E-state index < -0.39 is 11.9 Å². The molecular weight excluding hydrogens is 364 g/mol. The van der Waals surface area contributed by atoms with E-state index in [1.165, 1.54) is 14.2 Å². The maximum Gasteiger partial charge on any atom is 0.338 e. The van der Waals surface area contributed by atoms with Crippen LogP contribution in [0.4, 0.5) is 0 Å². The van der Waals surface area contributed by atoms with Crippen LogP contribution in [0.2, 0.25) is 0 Å². The normalized spacial score (nSPS) is 17.6. The van der Waals surface area contributed by atoms with Crippen molar-refractivity contribution in [2.75, 3.05) is 20.8 Å². The van der Waals surface area contributed by atoms with Crippen LogP contribution < -0.4 is 5.73 Å². The highest BCUT2D eigenvalue weighted by Crippen LogP contribution is 2.42. The Morgan fingerprint density at radius 2 is 2.13 bits per heavy atom. The molecule has 1 aliphatic heterocycles. The van der Waals surface area contributed by atoms with Crippen LogP contribution in [0.25, 0.3) is 0 Å². The lowest BCUT2D eigenvalue weighted by molar-refractivity contribution is -0.136. The fourth-order valence-corrected chi connectivity index (χ4v) is 2.92. The van der Waals surface area contributed by atoms with Crippen molar-refractivity contribution >= 4 is 21.9 Å². The molecule has 0 radical (unpaired) electrons. The number of allylic oxidation sites excluding steroid dienone is 1. The molecule has 2 rings (SSSR count). The third kappa shape index (κ3) is 3.23. The summed E-state index contributed by atoms with van der Waals surface area (Å²) in [4.78, 5) is 12.3. The van der Waals surface area contributed by atoms with Crippen LogP contribution in [0, 0.1) is 11.3 Å². The highest BCUT2D eigenvalue weighted by molar-refractivity contribution is 9.10. The highest BCUT2D eigenvalue weighted by Gasteiger charge is 2.38. The zero-order valence-corrected chi connectivity index (χ0v) is 14.2. The predicted octanol–water partition coefficient (Wildman–Crippen LogP) is 2.33. The maximum absolute atomic E-state index is 12.3. The number of nitriles is 1. The van der Waals surface area contributed by atoms with E-state index in [0.29, 0.717) is 5.56 Å². The Bertz CT molecular complexity index is 734. The van der Waals surface area contributed by atoms with Crippen molar-refractivity contribution in [2.24, 2.45) is 5.73 Å². The number of nitrogens with two attached hydrogens (primary N) is 1. The number of carbonyl (C=O) groups is 1. The van der Waals surface area contributed by atoms with Gasteiger partial charge in [0.2, 0.25) is 5.88 Å². The molecule has 23 heavy (non-hydrogen) atoms. The van der Waals surface area contributed by atoms with E-state index in [1.807, 2.05) is 24.3 Å². The average Bonchev–Trinajstić information content (AvgIpc) is 2.54. The summed E-state index contributed by atoms with van der Waals surface area (Å²) in [7, 11) is 2.74. The van der Waals surface area contributed by atoms with Gasteiger partial charge < -0.3 is 19.9 Å². The molecule has 7 heteroatoms. The Morgan fingerprint density at radius 3 is 2.70 bits per heavy atom. The van der Waals surface area contributed by atoms with Crippen molar-refractivity contribution in [3.8, 4) is 6.07 Å². The van der Waals surface area contributed by atoms with Gasteiger partial charge in [0.05, 0.1) is 18.6 Å². The van der Waals surface area contributed by atoms with Crippen molar-refractivity contribution in [3.63, 3.8) is 0 Å². The zero-order chi connectivity index (χ0) is 17.0. The lowest BCUT2D eigenvalue weighted by atomic mass is 9.83. The molecule has 0 spiro atoms. The highest BCUT2D eigenvalue weighted by atomic mass is 79.9. The van der Waals surface area contributed by atoms with Gasteiger partial charge in [-0.25, -0.2) is 4.79 Å². The van der Waals surface area contributed by atoms with Crippen LogP contribution in [0.15, 0.2) is 51.5 Å². The van der Waals surface area contributed by atoms with Crippen molar-refractivity contribution in [1.82, 2.24) is 0 Å². The smallest absolute Gasteiger partial charge is 0.338 e. The van der Waals surface area contributed by atoms with Crippen molar-refractivity contribution in [2.45, 2.75) is 5.92 Å². The topological polar surface area (TPSA) is 94.6 Å². The first-order chi connectivity index (χ1) is 11.0. The standard InChI is InChI=1S/C16H15BrN2O4/c1-21-8-12-14(16(20)22-2)13(10(7-18)15(19)23-12)9-5-3-4-6-11(9)17/h3-6,13H,8,19H2,1-2H3/t13-/m0/s1. The first kappa shape index (κ1) is 17.1. The summed E-state index contributed by atoms with van der Waals surface area (Å²) in [5, 5.41) is 9.48. The SMILES string of the molecule is COCC1=C(C(=O)OC)[C@@H](c2ccccc2Br)C(C#N)=C(N)O1. The van der Waals surface area contributed by atoms with Crippen LogP contribution in [-0.4, -0.2) is 26.8 Å². The molecule has 1 aromatic carbocycles. The van der Waals surface area contributed by atoms with Gasteiger partial charge >= 0.3 is 5.97 Å². The van der Waals surface area contributed by atoms with Gasteiger partial charge in [-0.3, -0.25) is 0 Å². The number of rotatable bonds is 4. The monoisotopic (exact) mass is 378 g/mol. The van der Waals surface area contributed by atoms with Crippen LogP contribution >= 0.6 is 15.9 Å². The van der Waals surface area contributed by atoms with Gasteiger partial charge in [0.15, 0.2) is 0 Å². The molecule has 1 atom stereocenters. The van der Waals surface area contributed by atoms with Gasteiger partial charge in [-0.1, -0.05) is 34.1 Å². The summed E-state index contributed by atoms with van der Waals surface area (Å²) >= 11 is 3.45. The Hall–Kier alpha value is -2.30. The molecule has 0 amide bonds. The minimum Gasteiger partial charge on any atom is -0.466 e. The second kappa shape index (κ2) is 7.31. The van der Waals surface area contributed by atoms with E-state index in [-0.39, 0.29) is 29.4 Å². The maximum atomic E-state index is 12.3. The molecule has 120 valence electrons. The van der Waals surface area contributed by atoms with Gasteiger partial charge in [-0.05, 0) is 11.6 Å². The van der Waals surface area contributed by atoms with Gasteiger partial charge in [-0.2, -0.15) is 5.26 Å². The quantitative estimate of drug-likeness (QED) is 0.807. The zero-order valence-electron chi connectivity index (χ0n) is 12.6. The number of benzene rings is 1. The molecule has 0 aliphatic carbocycles. The number of nitrogens with zero attached hydrogens (tertiary/aromatic N) is 1. The minimum atomic E-state index is -0.693. The van der Waals surface area contributed by atoms with Crippen molar-refractivity contribution < 1.29 is 19.0 Å². The third-order valence-electron chi connectivity index (χ3n) is 3.39. The number of carbonyl (C=O) groups excluding carboxylic acids is 1. The van der Waals surface area contributed by atoms with E-state index in [1.54, 1.807) is 6.07 Å². The molecule has 0 saturated carbocycles. The number of halogens is 1. The van der Waals surface area contributed by atoms with Crippen LogP contribution in [-0.2, 0) is 19.0 Å². The number of methoxy groups -OCH3 is 2. The van der Waals surface area contributed by atoms with Crippen LogP contribution in [0.1, 0.15) is 11.5 Å². The van der Waals surface area contributed by atoms with Crippen molar-refractivity contribution in [1.29, 1.82) is 5.26 Å².